The molecule has 0 fully saturated rings. The molecule has 0 aliphatic heterocycles. The van der Waals surface area contributed by atoms with Crippen LogP contribution in [0.25, 0.3) is 0 Å². The highest BCUT2D eigenvalue weighted by Gasteiger charge is 2.04. The minimum Gasteiger partial charge on any atom is -0.310 e. The number of aryl methyl sites for hydroxylation is 2. The third kappa shape index (κ3) is 3.89. The minimum absolute atomic E-state index is 0.504. The Morgan fingerprint density at radius 1 is 1.21 bits per heavy atom. The predicted octanol–water partition coefficient (Wildman–Crippen LogP) is 2.44. The quantitative estimate of drug-likeness (QED) is 0.895. The van der Waals surface area contributed by atoms with Gasteiger partial charge in [0, 0.05) is 12.6 Å². The van der Waals surface area contributed by atoms with Gasteiger partial charge in [-0.3, -0.25) is 0 Å². The van der Waals surface area contributed by atoms with Crippen LogP contribution in [0, 0.1) is 13.8 Å². The lowest BCUT2D eigenvalue weighted by atomic mass is 10.1. The second kappa shape index (κ2) is 5.97. The topological polar surface area (TPSA) is 42.7 Å². The van der Waals surface area contributed by atoms with Gasteiger partial charge in [0.25, 0.3) is 0 Å². The molecule has 4 heteroatoms. The maximum absolute atomic E-state index is 4.40. The molecule has 4 nitrogen and oxygen atoms in total. The number of nitrogens with one attached hydrogen (secondary N) is 1. The van der Waals surface area contributed by atoms with Crippen molar-refractivity contribution in [2.24, 2.45) is 0 Å². The van der Waals surface area contributed by atoms with Crippen molar-refractivity contribution in [1.29, 1.82) is 0 Å². The van der Waals surface area contributed by atoms with E-state index in [1.165, 1.54) is 11.1 Å². The lowest BCUT2D eigenvalue weighted by molar-refractivity contribution is 0.587. The monoisotopic (exact) mass is 258 g/mol. The molecule has 0 saturated heterocycles. The van der Waals surface area contributed by atoms with Gasteiger partial charge in [-0.2, -0.15) is 5.10 Å². The standard InChI is InChI=1S/C15H22N4/c1-11(2)16-9-14-6-5-7-15(8-14)10-19-13(4)17-12(3)18-19/h5-8,11,16H,9-10H2,1-4H3. The van der Waals surface area contributed by atoms with Crippen molar-refractivity contribution in [1.82, 2.24) is 20.1 Å². The van der Waals surface area contributed by atoms with Crippen LogP contribution in [0.2, 0.25) is 0 Å². The largest absolute Gasteiger partial charge is 0.310 e. The lowest BCUT2D eigenvalue weighted by Crippen LogP contribution is -2.21. The third-order valence-electron chi connectivity index (χ3n) is 3.00. The average Bonchev–Trinajstić information content (AvgIpc) is 2.66. The van der Waals surface area contributed by atoms with E-state index in [1.54, 1.807) is 0 Å². The number of hydrogen-bond donors (Lipinski definition) is 1. The van der Waals surface area contributed by atoms with Gasteiger partial charge in [-0.1, -0.05) is 38.1 Å². The number of nitrogens with zero attached hydrogens (tertiary/aromatic N) is 3. The molecule has 2 rings (SSSR count). The Morgan fingerprint density at radius 3 is 2.58 bits per heavy atom. The van der Waals surface area contributed by atoms with Crippen molar-refractivity contribution in [3.05, 3.63) is 47.0 Å². The summed E-state index contributed by atoms with van der Waals surface area (Å²) in [7, 11) is 0. The Morgan fingerprint density at radius 2 is 1.95 bits per heavy atom. The Labute approximate surface area is 114 Å². The van der Waals surface area contributed by atoms with Crippen LogP contribution in [0.4, 0.5) is 0 Å². The predicted molar refractivity (Wildman–Crippen MR) is 77.0 cm³/mol. The van der Waals surface area contributed by atoms with Gasteiger partial charge in [-0.25, -0.2) is 9.67 Å². The van der Waals surface area contributed by atoms with Gasteiger partial charge >= 0.3 is 0 Å². The molecule has 102 valence electrons. The molecule has 0 bridgehead atoms. The highest BCUT2D eigenvalue weighted by Crippen LogP contribution is 2.08. The van der Waals surface area contributed by atoms with Gasteiger partial charge < -0.3 is 5.32 Å². The summed E-state index contributed by atoms with van der Waals surface area (Å²) in [5.41, 5.74) is 2.57. The Hall–Kier alpha value is -1.68. The van der Waals surface area contributed by atoms with Crippen molar-refractivity contribution >= 4 is 0 Å². The number of rotatable bonds is 5. The zero-order chi connectivity index (χ0) is 13.8. The van der Waals surface area contributed by atoms with E-state index in [-0.39, 0.29) is 0 Å². The van der Waals surface area contributed by atoms with Gasteiger partial charge in [0.2, 0.25) is 0 Å². The average molecular weight is 258 g/mol. The van der Waals surface area contributed by atoms with E-state index in [0.717, 1.165) is 24.7 Å². The summed E-state index contributed by atoms with van der Waals surface area (Å²) in [5.74, 6) is 1.79. The first-order chi connectivity index (χ1) is 9.04. The molecule has 0 aliphatic carbocycles. The lowest BCUT2D eigenvalue weighted by Gasteiger charge is -2.10. The van der Waals surface area contributed by atoms with Crippen LogP contribution in [0.3, 0.4) is 0 Å². The fraction of sp³-hybridized carbons (Fsp3) is 0.467. The zero-order valence-corrected chi connectivity index (χ0v) is 12.1. The van der Waals surface area contributed by atoms with Gasteiger partial charge in [0.15, 0.2) is 0 Å². The van der Waals surface area contributed by atoms with Crippen molar-refractivity contribution in [2.45, 2.75) is 46.8 Å². The highest BCUT2D eigenvalue weighted by molar-refractivity contribution is 5.23. The molecule has 1 aromatic heterocycles. The van der Waals surface area contributed by atoms with Crippen LogP contribution in [0.1, 0.15) is 36.6 Å². The SMILES string of the molecule is Cc1nc(C)n(Cc2cccc(CNC(C)C)c2)n1. The number of benzene rings is 1. The highest BCUT2D eigenvalue weighted by atomic mass is 15.3. The molecule has 0 atom stereocenters. The molecule has 0 radical (unpaired) electrons. The Balaban J connectivity index is 2.08. The number of aromatic nitrogens is 3. The summed E-state index contributed by atoms with van der Waals surface area (Å²) in [5, 5.41) is 7.83. The number of hydrogen-bond acceptors (Lipinski definition) is 3. The first kappa shape index (κ1) is 13.7. The summed E-state index contributed by atoms with van der Waals surface area (Å²) in [4.78, 5) is 4.33. The van der Waals surface area contributed by atoms with Crippen molar-refractivity contribution < 1.29 is 0 Å². The smallest absolute Gasteiger partial charge is 0.147 e. The van der Waals surface area contributed by atoms with E-state index in [1.807, 2.05) is 18.5 Å². The van der Waals surface area contributed by atoms with Gasteiger partial charge in [-0.05, 0) is 25.0 Å². The normalized spacial score (nSPS) is 11.2. The van der Waals surface area contributed by atoms with E-state index in [2.05, 4.69) is 53.5 Å². The summed E-state index contributed by atoms with van der Waals surface area (Å²) in [6.45, 7) is 9.91. The van der Waals surface area contributed by atoms with Gasteiger partial charge in [0.1, 0.15) is 11.6 Å². The van der Waals surface area contributed by atoms with Crippen molar-refractivity contribution in [3.63, 3.8) is 0 Å². The fourth-order valence-corrected chi connectivity index (χ4v) is 2.04. The maximum atomic E-state index is 4.40. The molecule has 1 N–H and O–H groups in total. The molecule has 0 saturated carbocycles. The fourth-order valence-electron chi connectivity index (χ4n) is 2.04. The van der Waals surface area contributed by atoms with E-state index in [0.29, 0.717) is 6.04 Å². The van der Waals surface area contributed by atoms with Crippen LogP contribution in [-0.2, 0) is 13.1 Å². The summed E-state index contributed by atoms with van der Waals surface area (Å²) in [6.07, 6.45) is 0. The van der Waals surface area contributed by atoms with Crippen LogP contribution >= 0.6 is 0 Å². The first-order valence-electron chi connectivity index (χ1n) is 6.74. The Kier molecular flexibility index (Phi) is 4.32. The molecule has 1 aromatic carbocycles. The molecule has 0 amide bonds. The van der Waals surface area contributed by atoms with E-state index >= 15 is 0 Å². The molecule has 2 aromatic rings. The summed E-state index contributed by atoms with van der Waals surface area (Å²) < 4.78 is 1.95. The molecule has 0 aliphatic rings. The Bertz CT molecular complexity index is 543. The van der Waals surface area contributed by atoms with E-state index in [4.69, 9.17) is 0 Å². The summed E-state index contributed by atoms with van der Waals surface area (Å²) in [6, 6.07) is 9.12. The van der Waals surface area contributed by atoms with Crippen LogP contribution < -0.4 is 5.32 Å². The molecule has 0 spiro atoms. The van der Waals surface area contributed by atoms with Crippen LogP contribution in [0.5, 0.6) is 0 Å². The molecular formula is C15H22N4. The zero-order valence-electron chi connectivity index (χ0n) is 12.1. The van der Waals surface area contributed by atoms with E-state index in [9.17, 15) is 0 Å². The first-order valence-corrected chi connectivity index (χ1v) is 6.74. The summed E-state index contributed by atoms with van der Waals surface area (Å²) >= 11 is 0. The maximum Gasteiger partial charge on any atom is 0.147 e. The minimum atomic E-state index is 0.504. The van der Waals surface area contributed by atoms with Gasteiger partial charge in [0.05, 0.1) is 6.54 Å². The second-order valence-corrected chi connectivity index (χ2v) is 5.22. The second-order valence-electron chi connectivity index (χ2n) is 5.22. The van der Waals surface area contributed by atoms with E-state index < -0.39 is 0 Å². The molecular weight excluding hydrogens is 236 g/mol. The van der Waals surface area contributed by atoms with Crippen molar-refractivity contribution in [3.8, 4) is 0 Å². The van der Waals surface area contributed by atoms with Gasteiger partial charge in [-0.15, -0.1) is 0 Å². The van der Waals surface area contributed by atoms with Crippen LogP contribution in [0.15, 0.2) is 24.3 Å². The molecule has 19 heavy (non-hydrogen) atoms. The van der Waals surface area contributed by atoms with Crippen molar-refractivity contribution in [2.75, 3.05) is 0 Å². The molecule has 1 heterocycles. The van der Waals surface area contributed by atoms with Crippen LogP contribution in [-0.4, -0.2) is 20.8 Å². The third-order valence-corrected chi connectivity index (χ3v) is 3.00. The molecule has 0 unspecified atom stereocenters.